The fraction of sp³-hybridized carbons (Fsp3) is 0.250. The lowest BCUT2D eigenvalue weighted by Gasteiger charge is -2.17. The minimum atomic E-state index is -0.297. The van der Waals surface area contributed by atoms with Crippen molar-refractivity contribution in [3.05, 3.63) is 29.3 Å². The number of hydrogen-bond donors (Lipinski definition) is 2. The zero-order valence-corrected chi connectivity index (χ0v) is 11.7. The molecule has 102 valence electrons. The Bertz CT molecular complexity index is 499. The molecule has 0 saturated heterocycles. The Morgan fingerprint density at radius 1 is 1.21 bits per heavy atom. The number of rotatable bonds is 3. The molecule has 0 aliphatic rings. The first kappa shape index (κ1) is 15.0. The molecule has 0 radical (unpaired) electrons. The first-order valence-electron chi connectivity index (χ1n) is 5.51. The molecule has 0 fully saturated rings. The summed E-state index contributed by atoms with van der Waals surface area (Å²) in [5, 5.41) is 5.69. The number of halogens is 1. The van der Waals surface area contributed by atoms with E-state index >= 15 is 0 Å². The highest BCUT2D eigenvalue weighted by Crippen LogP contribution is 2.13. The fourth-order valence-corrected chi connectivity index (χ4v) is 1.19. The van der Waals surface area contributed by atoms with Gasteiger partial charge in [-0.05, 0) is 24.3 Å². The van der Waals surface area contributed by atoms with E-state index in [-0.39, 0.29) is 17.5 Å². The van der Waals surface area contributed by atoms with Crippen molar-refractivity contribution in [3.63, 3.8) is 0 Å². The molecular formula is C12H15ClN4O2. The minimum absolute atomic E-state index is 0.0349. The molecule has 0 spiro atoms. The third kappa shape index (κ3) is 4.97. The van der Waals surface area contributed by atoms with Gasteiger partial charge < -0.3 is 0 Å². The Morgan fingerprint density at radius 3 is 2.26 bits per heavy atom. The van der Waals surface area contributed by atoms with Crippen molar-refractivity contribution < 1.29 is 9.59 Å². The summed E-state index contributed by atoms with van der Waals surface area (Å²) in [7, 11) is 1.50. The third-order valence-electron chi connectivity index (χ3n) is 2.22. The summed E-state index contributed by atoms with van der Waals surface area (Å²) in [5.74, 6) is -0.498. The quantitative estimate of drug-likeness (QED) is 0.502. The van der Waals surface area contributed by atoms with E-state index in [0.29, 0.717) is 10.7 Å². The van der Waals surface area contributed by atoms with Crippen LogP contribution in [0.1, 0.15) is 13.8 Å². The number of carbonyl (C=O) groups is 2. The number of nitrogens with zero attached hydrogens (tertiary/aromatic N) is 2. The van der Waals surface area contributed by atoms with Gasteiger partial charge in [0, 0.05) is 25.9 Å². The molecule has 7 heteroatoms. The van der Waals surface area contributed by atoms with Gasteiger partial charge in [-0.1, -0.05) is 11.6 Å². The molecule has 0 atom stereocenters. The topological polar surface area (TPSA) is 73.8 Å². The van der Waals surface area contributed by atoms with Gasteiger partial charge in [-0.25, -0.2) is 0 Å². The molecule has 0 bridgehead atoms. The summed E-state index contributed by atoms with van der Waals surface area (Å²) in [6.07, 6.45) is 0. The lowest BCUT2D eigenvalue weighted by Crippen LogP contribution is -2.45. The van der Waals surface area contributed by atoms with Crippen LogP contribution in [0.5, 0.6) is 0 Å². The number of amidine groups is 1. The molecule has 0 aliphatic heterocycles. The highest BCUT2D eigenvalue weighted by molar-refractivity contribution is 6.38. The van der Waals surface area contributed by atoms with Gasteiger partial charge in [0.25, 0.3) is 0 Å². The van der Waals surface area contributed by atoms with Crippen molar-refractivity contribution in [1.82, 2.24) is 10.4 Å². The van der Waals surface area contributed by atoms with Crippen LogP contribution in [0.2, 0.25) is 5.02 Å². The average Bonchev–Trinajstić information content (AvgIpc) is 2.35. The highest BCUT2D eigenvalue weighted by atomic mass is 35.5. The molecule has 0 unspecified atom stereocenters. The molecule has 0 aromatic heterocycles. The first-order chi connectivity index (χ1) is 8.90. The molecule has 1 rings (SSSR count). The number of hydrazine groups is 1. The Balaban J connectivity index is 2.76. The largest absolute Gasteiger partial charge is 0.291 e. The summed E-state index contributed by atoms with van der Waals surface area (Å²) in [4.78, 5) is 22.5. The number of nitrogens with one attached hydrogen (secondary N) is 2. The number of carbonyl (C=O) groups excluding carboxylic acids is 2. The predicted molar refractivity (Wildman–Crippen MR) is 74.8 cm³/mol. The minimum Gasteiger partial charge on any atom is -0.291 e. The second kappa shape index (κ2) is 6.75. The van der Waals surface area contributed by atoms with Crippen molar-refractivity contribution >= 4 is 34.8 Å². The van der Waals surface area contributed by atoms with Crippen molar-refractivity contribution in [2.24, 2.45) is 5.10 Å². The fourth-order valence-electron chi connectivity index (χ4n) is 1.06. The maximum absolute atomic E-state index is 11.4. The number of benzene rings is 1. The van der Waals surface area contributed by atoms with Crippen molar-refractivity contribution in [3.8, 4) is 0 Å². The second-order valence-electron chi connectivity index (χ2n) is 3.83. The highest BCUT2D eigenvalue weighted by Gasteiger charge is 2.10. The molecule has 2 N–H and O–H groups in total. The van der Waals surface area contributed by atoms with Crippen molar-refractivity contribution in [2.45, 2.75) is 13.8 Å². The molecule has 19 heavy (non-hydrogen) atoms. The normalized spacial score (nSPS) is 10.8. The second-order valence-corrected chi connectivity index (χ2v) is 4.26. The molecule has 0 aliphatic carbocycles. The summed E-state index contributed by atoms with van der Waals surface area (Å²) < 4.78 is 0. The summed E-state index contributed by atoms with van der Waals surface area (Å²) in [5.41, 5.74) is 5.98. The smallest absolute Gasteiger partial charge is 0.237 e. The molecule has 0 heterocycles. The third-order valence-corrected chi connectivity index (χ3v) is 2.47. The zero-order valence-electron chi connectivity index (χ0n) is 10.9. The Kier molecular flexibility index (Phi) is 5.32. The summed E-state index contributed by atoms with van der Waals surface area (Å²) in [6.45, 7) is 2.72. The van der Waals surface area contributed by atoms with Crippen molar-refractivity contribution in [1.29, 1.82) is 0 Å². The van der Waals surface area contributed by atoms with Crippen molar-refractivity contribution in [2.75, 3.05) is 12.5 Å². The van der Waals surface area contributed by atoms with E-state index in [4.69, 9.17) is 11.6 Å². The van der Waals surface area contributed by atoms with Crippen LogP contribution < -0.4 is 10.9 Å². The van der Waals surface area contributed by atoms with E-state index in [2.05, 4.69) is 16.0 Å². The standard InChI is InChI=1S/C12H15ClN4O2/c1-8(18)12(16-17(3)9(2)19)15-14-11-6-4-10(13)5-7-11/h4-7,14H,1-3H3,(H,15,16). The number of amides is 1. The lowest BCUT2D eigenvalue weighted by molar-refractivity contribution is -0.129. The molecule has 1 aromatic carbocycles. The van der Waals surface area contributed by atoms with Crippen LogP contribution in [-0.4, -0.2) is 29.6 Å². The first-order valence-corrected chi connectivity index (χ1v) is 5.89. The van der Waals surface area contributed by atoms with E-state index < -0.39 is 0 Å². The molecule has 1 aromatic rings. The number of Topliss-reactive ketones (excluding diaryl/α,β-unsaturated/α-hetero) is 1. The lowest BCUT2D eigenvalue weighted by atomic mass is 10.3. The van der Waals surface area contributed by atoms with Crippen LogP contribution in [0.25, 0.3) is 0 Å². The maximum Gasteiger partial charge on any atom is 0.237 e. The molecule has 0 saturated carbocycles. The van der Waals surface area contributed by atoms with Gasteiger partial charge in [0.15, 0.2) is 5.78 Å². The van der Waals surface area contributed by atoms with E-state index in [0.717, 1.165) is 0 Å². The van der Waals surface area contributed by atoms with Crippen LogP contribution in [0, 0.1) is 0 Å². The summed E-state index contributed by atoms with van der Waals surface area (Å²) in [6, 6.07) is 6.83. The number of hydrogen-bond acceptors (Lipinski definition) is 4. The van der Waals surface area contributed by atoms with E-state index in [1.165, 1.54) is 25.9 Å². The number of ketones is 1. The van der Waals surface area contributed by atoms with Crippen LogP contribution in [0.4, 0.5) is 5.69 Å². The van der Waals surface area contributed by atoms with Crippen LogP contribution >= 0.6 is 11.6 Å². The van der Waals surface area contributed by atoms with Gasteiger partial charge in [0.1, 0.15) is 0 Å². The average molecular weight is 283 g/mol. The Morgan fingerprint density at radius 2 is 1.79 bits per heavy atom. The van der Waals surface area contributed by atoms with Gasteiger partial charge in [0.2, 0.25) is 11.7 Å². The van der Waals surface area contributed by atoms with Gasteiger partial charge in [-0.3, -0.25) is 25.4 Å². The number of hydrazone groups is 1. The predicted octanol–water partition coefficient (Wildman–Crippen LogP) is 1.64. The van der Waals surface area contributed by atoms with Crippen LogP contribution in [0.3, 0.4) is 0 Å². The Hall–Kier alpha value is -2.08. The monoisotopic (exact) mass is 282 g/mol. The SMILES string of the molecule is CC(=O)/C(=N/Nc1ccc(Cl)cc1)NN(C)C(C)=O. The van der Waals surface area contributed by atoms with Gasteiger partial charge >= 0.3 is 0 Å². The number of anilines is 1. The molecular weight excluding hydrogens is 268 g/mol. The maximum atomic E-state index is 11.4. The van der Waals surface area contributed by atoms with Crippen LogP contribution in [-0.2, 0) is 9.59 Å². The zero-order chi connectivity index (χ0) is 14.4. The summed E-state index contributed by atoms with van der Waals surface area (Å²) >= 11 is 5.75. The molecule has 1 amide bonds. The Labute approximate surface area is 116 Å². The van der Waals surface area contributed by atoms with Gasteiger partial charge in [-0.2, -0.15) is 5.10 Å². The van der Waals surface area contributed by atoms with E-state index in [9.17, 15) is 9.59 Å². The van der Waals surface area contributed by atoms with E-state index in [1.54, 1.807) is 24.3 Å². The van der Waals surface area contributed by atoms with Gasteiger partial charge in [-0.15, -0.1) is 0 Å². The molecule has 6 nitrogen and oxygen atoms in total. The van der Waals surface area contributed by atoms with Crippen LogP contribution in [0.15, 0.2) is 29.4 Å². The van der Waals surface area contributed by atoms with Gasteiger partial charge in [0.05, 0.1) is 5.69 Å². The van der Waals surface area contributed by atoms with E-state index in [1.807, 2.05) is 0 Å².